The summed E-state index contributed by atoms with van der Waals surface area (Å²) in [7, 11) is 0. The van der Waals surface area contributed by atoms with Crippen molar-refractivity contribution in [2.24, 2.45) is 0 Å². The van der Waals surface area contributed by atoms with Crippen molar-refractivity contribution in [3.05, 3.63) is 34.9 Å². The summed E-state index contributed by atoms with van der Waals surface area (Å²) in [6.07, 6.45) is -0.522. The van der Waals surface area contributed by atoms with Gasteiger partial charge in [-0.15, -0.1) is 0 Å². The van der Waals surface area contributed by atoms with E-state index in [1.54, 1.807) is 0 Å². The molecule has 1 aromatic carbocycles. The number of aliphatic hydroxyl groups excluding tert-OH is 1. The van der Waals surface area contributed by atoms with Crippen LogP contribution in [0.4, 0.5) is 0 Å². The van der Waals surface area contributed by atoms with E-state index in [1.807, 2.05) is 38.1 Å². The van der Waals surface area contributed by atoms with Gasteiger partial charge in [0.2, 0.25) is 0 Å². The molecule has 4 nitrogen and oxygen atoms in total. The minimum absolute atomic E-state index is 0.158. The highest BCUT2D eigenvalue weighted by molar-refractivity contribution is 6.30. The number of ether oxygens (including phenoxy) is 2. The van der Waals surface area contributed by atoms with Crippen LogP contribution in [0.5, 0.6) is 0 Å². The van der Waals surface area contributed by atoms with E-state index in [9.17, 15) is 5.11 Å². The molecule has 0 saturated heterocycles. The molecule has 5 heteroatoms. The third-order valence-corrected chi connectivity index (χ3v) is 3.17. The minimum atomic E-state index is -0.522. The molecule has 20 heavy (non-hydrogen) atoms. The first-order valence-electron chi connectivity index (χ1n) is 6.96. The summed E-state index contributed by atoms with van der Waals surface area (Å²) in [5, 5.41) is 13.8. The zero-order valence-electron chi connectivity index (χ0n) is 12.1. The number of nitrogens with one attached hydrogen (secondary N) is 1. The Hall–Kier alpha value is -0.650. The molecule has 114 valence electrons. The lowest BCUT2D eigenvalue weighted by Gasteiger charge is -2.17. The first-order valence-corrected chi connectivity index (χ1v) is 7.33. The van der Waals surface area contributed by atoms with Crippen LogP contribution in [0.2, 0.25) is 5.02 Å². The summed E-state index contributed by atoms with van der Waals surface area (Å²) >= 11 is 5.85. The molecule has 0 aliphatic heterocycles. The molecule has 0 bridgehead atoms. The number of rotatable bonds is 10. The van der Waals surface area contributed by atoms with Crippen molar-refractivity contribution in [1.29, 1.82) is 0 Å². The molecule has 2 N–H and O–H groups in total. The molecule has 0 fully saturated rings. The van der Waals surface area contributed by atoms with E-state index in [4.69, 9.17) is 21.1 Å². The fraction of sp³-hybridized carbons (Fsp3) is 0.600. The summed E-state index contributed by atoms with van der Waals surface area (Å²) in [6.45, 7) is 6.55. The number of benzene rings is 1. The first kappa shape index (κ1) is 17.4. The van der Waals surface area contributed by atoms with Crippen molar-refractivity contribution in [1.82, 2.24) is 5.32 Å². The predicted molar refractivity (Wildman–Crippen MR) is 81.2 cm³/mol. The fourth-order valence-electron chi connectivity index (χ4n) is 1.72. The van der Waals surface area contributed by atoms with Gasteiger partial charge in [0, 0.05) is 24.2 Å². The molecule has 0 aliphatic rings. The number of aliphatic hydroxyl groups is 1. The lowest BCUT2D eigenvalue weighted by atomic mass is 10.1. The maximum Gasteiger partial charge on any atom is 0.0897 e. The highest BCUT2D eigenvalue weighted by Gasteiger charge is 2.08. The zero-order chi connectivity index (χ0) is 14.8. The van der Waals surface area contributed by atoms with Gasteiger partial charge in [0.1, 0.15) is 0 Å². The topological polar surface area (TPSA) is 50.7 Å². The van der Waals surface area contributed by atoms with Crippen molar-refractivity contribution < 1.29 is 14.6 Å². The lowest BCUT2D eigenvalue weighted by molar-refractivity contribution is 0.00586. The summed E-state index contributed by atoms with van der Waals surface area (Å²) in [5.41, 5.74) is 1.14. The van der Waals surface area contributed by atoms with E-state index < -0.39 is 6.10 Å². The molecule has 0 radical (unpaired) electrons. The van der Waals surface area contributed by atoms with Crippen molar-refractivity contribution in [2.75, 3.05) is 33.0 Å². The predicted octanol–water partition coefficient (Wildman–Crippen LogP) is 2.40. The second kappa shape index (κ2) is 10.1. The van der Waals surface area contributed by atoms with E-state index >= 15 is 0 Å². The summed E-state index contributed by atoms with van der Waals surface area (Å²) in [5.74, 6) is 0. The highest BCUT2D eigenvalue weighted by atomic mass is 35.5. The van der Waals surface area contributed by atoms with E-state index in [-0.39, 0.29) is 6.04 Å². The summed E-state index contributed by atoms with van der Waals surface area (Å²) in [6, 6.07) is 7.84. The number of halogens is 1. The standard InChI is InChI=1S/C15H24ClNO3/c1-3-19-8-9-20-11-15(18)10-17-12(2)13-4-6-14(16)7-5-13/h4-7,12,15,17-18H,3,8-11H2,1-2H3. The zero-order valence-corrected chi connectivity index (χ0v) is 12.9. The van der Waals surface area contributed by atoms with Crippen LogP contribution in [-0.2, 0) is 9.47 Å². The van der Waals surface area contributed by atoms with Crippen LogP contribution in [0.1, 0.15) is 25.5 Å². The summed E-state index contributed by atoms with van der Waals surface area (Å²) < 4.78 is 10.5. The summed E-state index contributed by atoms with van der Waals surface area (Å²) in [4.78, 5) is 0. The van der Waals surface area contributed by atoms with Gasteiger partial charge >= 0.3 is 0 Å². The molecule has 0 spiro atoms. The van der Waals surface area contributed by atoms with Crippen LogP contribution < -0.4 is 5.32 Å². The van der Waals surface area contributed by atoms with Gasteiger partial charge in [0.25, 0.3) is 0 Å². The Morgan fingerprint density at radius 2 is 1.85 bits per heavy atom. The van der Waals surface area contributed by atoms with Gasteiger partial charge in [-0.05, 0) is 31.5 Å². The Morgan fingerprint density at radius 3 is 2.50 bits per heavy atom. The Bertz CT molecular complexity index is 359. The Labute approximate surface area is 126 Å². The largest absolute Gasteiger partial charge is 0.389 e. The van der Waals surface area contributed by atoms with Gasteiger partial charge < -0.3 is 19.9 Å². The van der Waals surface area contributed by atoms with Gasteiger partial charge in [-0.25, -0.2) is 0 Å². The lowest BCUT2D eigenvalue weighted by Crippen LogP contribution is -2.32. The molecule has 0 saturated carbocycles. The minimum Gasteiger partial charge on any atom is -0.389 e. The molecule has 0 aliphatic carbocycles. The van der Waals surface area contributed by atoms with Crippen LogP contribution in [0.3, 0.4) is 0 Å². The first-order chi connectivity index (χ1) is 9.63. The molecule has 2 unspecified atom stereocenters. The normalized spacial score (nSPS) is 14.2. The van der Waals surface area contributed by atoms with Crippen molar-refractivity contribution in [3.8, 4) is 0 Å². The van der Waals surface area contributed by atoms with Gasteiger partial charge in [0.15, 0.2) is 0 Å². The second-order valence-corrected chi connectivity index (χ2v) is 5.04. The third-order valence-electron chi connectivity index (χ3n) is 2.92. The maximum atomic E-state index is 9.80. The van der Waals surface area contributed by atoms with Crippen LogP contribution >= 0.6 is 11.6 Å². The second-order valence-electron chi connectivity index (χ2n) is 4.61. The molecule has 1 rings (SSSR count). The van der Waals surface area contributed by atoms with E-state index in [1.165, 1.54) is 0 Å². The van der Waals surface area contributed by atoms with Crippen LogP contribution in [0.15, 0.2) is 24.3 Å². The fourth-order valence-corrected chi connectivity index (χ4v) is 1.85. The van der Waals surface area contributed by atoms with Gasteiger partial charge in [0.05, 0.1) is 25.9 Å². The van der Waals surface area contributed by atoms with Crippen molar-refractivity contribution >= 4 is 11.6 Å². The monoisotopic (exact) mass is 301 g/mol. The molecular formula is C15H24ClNO3. The van der Waals surface area contributed by atoms with E-state index in [0.717, 1.165) is 10.6 Å². The molecular weight excluding hydrogens is 278 g/mol. The molecule has 0 aromatic heterocycles. The van der Waals surface area contributed by atoms with E-state index in [2.05, 4.69) is 5.32 Å². The van der Waals surface area contributed by atoms with Crippen molar-refractivity contribution in [3.63, 3.8) is 0 Å². The Kier molecular flexibility index (Phi) is 8.82. The van der Waals surface area contributed by atoms with Crippen LogP contribution in [0.25, 0.3) is 0 Å². The number of hydrogen-bond donors (Lipinski definition) is 2. The molecule has 0 heterocycles. The molecule has 1 aromatic rings. The molecule has 2 atom stereocenters. The van der Waals surface area contributed by atoms with Crippen LogP contribution in [-0.4, -0.2) is 44.2 Å². The van der Waals surface area contributed by atoms with Gasteiger partial charge in [-0.3, -0.25) is 0 Å². The van der Waals surface area contributed by atoms with Gasteiger partial charge in [-0.2, -0.15) is 0 Å². The average molecular weight is 302 g/mol. The average Bonchev–Trinajstić information content (AvgIpc) is 2.45. The highest BCUT2D eigenvalue weighted by Crippen LogP contribution is 2.15. The smallest absolute Gasteiger partial charge is 0.0897 e. The molecule has 0 amide bonds. The quantitative estimate of drug-likeness (QED) is 0.652. The van der Waals surface area contributed by atoms with E-state index in [0.29, 0.717) is 33.0 Å². The van der Waals surface area contributed by atoms with Crippen molar-refractivity contribution in [2.45, 2.75) is 26.0 Å². The van der Waals surface area contributed by atoms with Crippen LogP contribution in [0, 0.1) is 0 Å². The maximum absolute atomic E-state index is 9.80. The Morgan fingerprint density at radius 1 is 1.20 bits per heavy atom. The number of hydrogen-bond acceptors (Lipinski definition) is 4. The van der Waals surface area contributed by atoms with Gasteiger partial charge in [-0.1, -0.05) is 23.7 Å². The Balaban J connectivity index is 2.16. The third kappa shape index (κ3) is 7.22. The SMILES string of the molecule is CCOCCOCC(O)CNC(C)c1ccc(Cl)cc1.